The van der Waals surface area contributed by atoms with Crippen LogP contribution in [0.15, 0.2) is 17.8 Å². The quantitative estimate of drug-likeness (QED) is 0.397. The van der Waals surface area contributed by atoms with Crippen LogP contribution >= 0.6 is 23.1 Å². The molecule has 2 heterocycles. The fourth-order valence-electron chi connectivity index (χ4n) is 3.09. The van der Waals surface area contributed by atoms with Crippen molar-refractivity contribution in [2.75, 3.05) is 17.7 Å². The van der Waals surface area contributed by atoms with Crippen LogP contribution in [0.4, 0.5) is 5.00 Å². The molecule has 1 amide bonds. The third kappa shape index (κ3) is 4.61. The summed E-state index contributed by atoms with van der Waals surface area (Å²) in [7, 11) is 0. The topological polar surface area (TPSA) is 99.0 Å². The molecule has 8 nitrogen and oxygen atoms in total. The molecule has 2 aromatic heterocycles. The van der Waals surface area contributed by atoms with Gasteiger partial charge in [0.25, 0.3) is 0 Å². The van der Waals surface area contributed by atoms with Gasteiger partial charge in [-0.3, -0.25) is 4.79 Å². The minimum absolute atomic E-state index is 0.138. The van der Waals surface area contributed by atoms with Crippen molar-refractivity contribution in [1.29, 1.82) is 0 Å². The van der Waals surface area contributed by atoms with E-state index < -0.39 is 0 Å². The van der Waals surface area contributed by atoms with Crippen molar-refractivity contribution in [1.82, 2.24) is 20.2 Å². The summed E-state index contributed by atoms with van der Waals surface area (Å²) >= 11 is 2.72. The molecule has 0 aliphatic heterocycles. The number of nitrogens with one attached hydrogen (secondary N) is 1. The zero-order valence-electron chi connectivity index (χ0n) is 15.9. The fraction of sp³-hybridized carbons (Fsp3) is 0.500. The van der Waals surface area contributed by atoms with Crippen LogP contribution < -0.4 is 5.32 Å². The third-order valence-corrected chi connectivity index (χ3v) is 6.50. The van der Waals surface area contributed by atoms with E-state index in [0.29, 0.717) is 34.8 Å². The molecule has 10 heteroatoms. The minimum Gasteiger partial charge on any atom is -0.462 e. The van der Waals surface area contributed by atoms with Gasteiger partial charge < -0.3 is 10.1 Å². The maximum atomic E-state index is 12.5. The van der Waals surface area contributed by atoms with E-state index in [9.17, 15) is 9.59 Å². The number of tetrazole rings is 1. The van der Waals surface area contributed by atoms with Crippen molar-refractivity contribution in [3.8, 4) is 0 Å². The smallest absolute Gasteiger partial charge is 0.341 e. The number of thiophene rings is 1. The molecular weight excluding hydrogens is 398 g/mol. The summed E-state index contributed by atoms with van der Waals surface area (Å²) in [5.74, 6) is 0.130. The summed E-state index contributed by atoms with van der Waals surface area (Å²) in [6.45, 7) is 8.41. The normalized spacial score (nSPS) is 15.7. The van der Waals surface area contributed by atoms with E-state index in [2.05, 4.69) is 34.3 Å². The Bertz CT molecular complexity index is 877. The second-order valence-corrected chi connectivity index (χ2v) is 8.59. The molecule has 0 bridgehead atoms. The summed E-state index contributed by atoms with van der Waals surface area (Å²) in [5, 5.41) is 15.4. The first kappa shape index (κ1) is 20.5. The van der Waals surface area contributed by atoms with Crippen molar-refractivity contribution in [2.24, 2.45) is 5.92 Å². The van der Waals surface area contributed by atoms with E-state index in [0.717, 1.165) is 24.8 Å². The highest BCUT2D eigenvalue weighted by Gasteiger charge is 2.29. The Morgan fingerprint density at radius 1 is 1.50 bits per heavy atom. The van der Waals surface area contributed by atoms with Crippen molar-refractivity contribution in [3.63, 3.8) is 0 Å². The average molecular weight is 422 g/mol. The van der Waals surface area contributed by atoms with Gasteiger partial charge in [0.2, 0.25) is 11.1 Å². The lowest BCUT2D eigenvalue weighted by Crippen LogP contribution is -2.18. The number of carbonyl (C=O) groups is 2. The second kappa shape index (κ2) is 9.33. The summed E-state index contributed by atoms with van der Waals surface area (Å²) in [6, 6.07) is 0. The van der Waals surface area contributed by atoms with Crippen LogP contribution in [0.2, 0.25) is 0 Å². The maximum Gasteiger partial charge on any atom is 0.341 e. The molecule has 0 saturated heterocycles. The van der Waals surface area contributed by atoms with Gasteiger partial charge in [-0.05, 0) is 48.1 Å². The van der Waals surface area contributed by atoms with E-state index >= 15 is 0 Å². The number of nitrogens with zero attached hydrogens (tertiary/aromatic N) is 4. The molecule has 0 spiro atoms. The van der Waals surface area contributed by atoms with Crippen LogP contribution in [0.1, 0.15) is 41.1 Å². The summed E-state index contributed by atoms with van der Waals surface area (Å²) in [6.07, 6.45) is 4.48. The number of allylic oxidation sites excluding steroid dienone is 1. The molecule has 0 aromatic carbocycles. The van der Waals surface area contributed by atoms with E-state index in [1.54, 1.807) is 17.7 Å². The number of hydrogen-bond donors (Lipinski definition) is 1. The lowest BCUT2D eigenvalue weighted by molar-refractivity contribution is -0.113. The third-order valence-electron chi connectivity index (χ3n) is 4.38. The first-order valence-corrected chi connectivity index (χ1v) is 10.9. The van der Waals surface area contributed by atoms with E-state index in [1.807, 2.05) is 0 Å². The van der Waals surface area contributed by atoms with Crippen molar-refractivity contribution < 1.29 is 14.3 Å². The van der Waals surface area contributed by atoms with E-state index in [-0.39, 0.29) is 17.6 Å². The van der Waals surface area contributed by atoms with Crippen LogP contribution in [-0.2, 0) is 28.9 Å². The van der Waals surface area contributed by atoms with Crippen LogP contribution in [0, 0.1) is 5.92 Å². The average Bonchev–Trinajstić information content (AvgIpc) is 3.24. The van der Waals surface area contributed by atoms with Crippen LogP contribution in [0.5, 0.6) is 0 Å². The molecule has 0 radical (unpaired) electrons. The fourth-order valence-corrected chi connectivity index (χ4v) is 5.19. The Kier molecular flexibility index (Phi) is 6.84. The first-order chi connectivity index (χ1) is 13.5. The first-order valence-electron chi connectivity index (χ1n) is 9.14. The Hall–Kier alpha value is -2.20. The number of thioether (sulfide) groups is 1. The lowest BCUT2D eigenvalue weighted by Gasteiger charge is -2.18. The monoisotopic (exact) mass is 421 g/mol. The molecule has 1 aliphatic rings. The van der Waals surface area contributed by atoms with Crippen molar-refractivity contribution in [2.45, 2.75) is 44.8 Å². The number of esters is 1. The maximum absolute atomic E-state index is 12.5. The summed E-state index contributed by atoms with van der Waals surface area (Å²) in [5.41, 5.74) is 1.54. The predicted molar refractivity (Wildman–Crippen MR) is 109 cm³/mol. The van der Waals surface area contributed by atoms with Crippen LogP contribution in [0.25, 0.3) is 0 Å². The molecule has 1 aliphatic carbocycles. The molecule has 0 fully saturated rings. The number of ether oxygens (including phenoxy) is 1. The second-order valence-electron chi connectivity index (χ2n) is 6.55. The number of anilines is 1. The number of hydrogen-bond acceptors (Lipinski definition) is 8. The highest BCUT2D eigenvalue weighted by molar-refractivity contribution is 7.99. The largest absolute Gasteiger partial charge is 0.462 e. The number of rotatable bonds is 8. The number of aromatic nitrogens is 4. The Labute approximate surface area is 171 Å². The van der Waals surface area contributed by atoms with E-state index in [4.69, 9.17) is 4.74 Å². The van der Waals surface area contributed by atoms with Gasteiger partial charge in [0, 0.05) is 4.88 Å². The molecule has 0 saturated carbocycles. The zero-order chi connectivity index (χ0) is 20.1. The minimum atomic E-state index is -0.368. The van der Waals surface area contributed by atoms with Crippen LogP contribution in [0.3, 0.4) is 0 Å². The van der Waals surface area contributed by atoms with Gasteiger partial charge in [0.05, 0.1) is 24.5 Å². The number of amides is 1. The van der Waals surface area contributed by atoms with Gasteiger partial charge in [-0.2, -0.15) is 0 Å². The molecular formula is C18H23N5O3S2. The SMILES string of the molecule is C=CCn1nnnc1SCC(=O)Nc1sc2c(c1C(=O)OCC)CCC(C)C2. The molecule has 3 rings (SSSR count). The Balaban J connectivity index is 1.73. The van der Waals surface area contributed by atoms with Gasteiger partial charge in [-0.1, -0.05) is 24.8 Å². The predicted octanol–water partition coefficient (Wildman–Crippen LogP) is 2.95. The highest BCUT2D eigenvalue weighted by Crippen LogP contribution is 2.40. The number of fused-ring (bicyclic) bond motifs is 1. The van der Waals surface area contributed by atoms with Gasteiger partial charge >= 0.3 is 5.97 Å². The van der Waals surface area contributed by atoms with Gasteiger partial charge in [-0.25, -0.2) is 9.48 Å². The molecule has 2 aromatic rings. The summed E-state index contributed by atoms with van der Waals surface area (Å²) < 4.78 is 6.80. The lowest BCUT2D eigenvalue weighted by atomic mass is 9.88. The van der Waals surface area contributed by atoms with Gasteiger partial charge in [0.15, 0.2) is 0 Å². The van der Waals surface area contributed by atoms with Crippen molar-refractivity contribution >= 4 is 40.0 Å². The van der Waals surface area contributed by atoms with Gasteiger partial charge in [-0.15, -0.1) is 23.0 Å². The summed E-state index contributed by atoms with van der Waals surface area (Å²) in [4.78, 5) is 26.2. The Morgan fingerprint density at radius 3 is 3.07 bits per heavy atom. The zero-order valence-corrected chi connectivity index (χ0v) is 17.6. The molecule has 28 heavy (non-hydrogen) atoms. The molecule has 1 unspecified atom stereocenters. The van der Waals surface area contributed by atoms with Crippen molar-refractivity contribution in [3.05, 3.63) is 28.7 Å². The molecule has 1 N–H and O–H groups in total. The highest BCUT2D eigenvalue weighted by atomic mass is 32.2. The van der Waals surface area contributed by atoms with Gasteiger partial charge in [0.1, 0.15) is 5.00 Å². The number of carbonyl (C=O) groups excluding carboxylic acids is 2. The molecule has 1 atom stereocenters. The standard InChI is InChI=1S/C18H23N5O3S2/c1-4-8-23-18(20-21-22-23)27-10-14(24)19-16-15(17(25)26-5-2)12-7-6-11(3)9-13(12)28-16/h4,11H,1,5-10H2,2-3H3,(H,19,24). The van der Waals surface area contributed by atoms with E-state index in [1.165, 1.54) is 28.0 Å². The van der Waals surface area contributed by atoms with Crippen LogP contribution in [-0.4, -0.2) is 44.4 Å². The Morgan fingerprint density at radius 2 is 2.32 bits per heavy atom. The molecule has 150 valence electrons.